The molecule has 0 bridgehead atoms. The van der Waals surface area contributed by atoms with Gasteiger partial charge in [0.1, 0.15) is 6.67 Å². The van der Waals surface area contributed by atoms with Gasteiger partial charge in [-0.25, -0.2) is 18.4 Å². The molecule has 1 saturated carbocycles. The van der Waals surface area contributed by atoms with Crippen molar-refractivity contribution in [1.82, 2.24) is 28.5 Å². The molecule has 1 unspecified atom stereocenters. The van der Waals surface area contributed by atoms with E-state index in [-0.39, 0.29) is 24.2 Å². The zero-order chi connectivity index (χ0) is 25.6. The summed E-state index contributed by atoms with van der Waals surface area (Å²) in [6.45, 7) is 2.00. The number of hydrogen-bond acceptors (Lipinski definition) is 5. The van der Waals surface area contributed by atoms with E-state index in [1.807, 2.05) is 11.5 Å². The summed E-state index contributed by atoms with van der Waals surface area (Å²) in [4.78, 5) is 31.4. The fraction of sp³-hybridized carbons (Fsp3) is 0.391. The Kier molecular flexibility index (Phi) is 6.12. The van der Waals surface area contributed by atoms with Crippen molar-refractivity contribution >= 4 is 27.9 Å². The minimum atomic E-state index is -2.49. The van der Waals surface area contributed by atoms with E-state index in [0.717, 1.165) is 14.6 Å². The number of aryl methyl sites for hydroxylation is 2. The summed E-state index contributed by atoms with van der Waals surface area (Å²) in [5.74, 6) is 0. The van der Waals surface area contributed by atoms with E-state index in [1.54, 1.807) is 48.8 Å². The van der Waals surface area contributed by atoms with Crippen LogP contribution in [0.3, 0.4) is 0 Å². The van der Waals surface area contributed by atoms with Gasteiger partial charge in [0.05, 0.1) is 53.4 Å². The molecule has 4 aromatic rings. The Bertz CT molecular complexity index is 1580. The maximum absolute atomic E-state index is 13.8. The summed E-state index contributed by atoms with van der Waals surface area (Å²) in [5, 5.41) is 4.30. The highest BCUT2D eigenvalue weighted by molar-refractivity contribution is 7.80. The molecule has 11 nitrogen and oxygen atoms in total. The average Bonchev–Trinajstić information content (AvgIpc) is 3.30. The molecular formula is C23H26FN7O4S. The van der Waals surface area contributed by atoms with Crippen molar-refractivity contribution < 1.29 is 13.2 Å². The second-order valence-electron chi connectivity index (χ2n) is 9.04. The van der Waals surface area contributed by atoms with Gasteiger partial charge in [-0.1, -0.05) is 0 Å². The Balaban J connectivity index is 1.72. The van der Waals surface area contributed by atoms with E-state index in [9.17, 15) is 22.7 Å². The van der Waals surface area contributed by atoms with Gasteiger partial charge in [-0.3, -0.25) is 27.5 Å². The minimum Gasteiger partial charge on any atom is -0.333 e. The molecule has 0 amide bonds. The van der Waals surface area contributed by atoms with Crippen LogP contribution in [0.5, 0.6) is 0 Å². The fourth-order valence-corrected chi connectivity index (χ4v) is 5.41. The van der Waals surface area contributed by atoms with E-state index in [2.05, 4.69) is 10.1 Å². The number of fused-ring (bicyclic) bond motifs is 1. The lowest BCUT2D eigenvalue weighted by Gasteiger charge is -2.28. The largest absolute Gasteiger partial charge is 0.333 e. The lowest BCUT2D eigenvalue weighted by atomic mass is 10.1. The van der Waals surface area contributed by atoms with Crippen LogP contribution in [0, 0.1) is 0 Å². The predicted molar refractivity (Wildman–Crippen MR) is 133 cm³/mol. The molecule has 0 aliphatic heterocycles. The molecule has 1 fully saturated rings. The summed E-state index contributed by atoms with van der Waals surface area (Å²) in [6, 6.07) is 4.58. The van der Waals surface area contributed by atoms with Crippen molar-refractivity contribution in [2.75, 3.05) is 11.0 Å². The van der Waals surface area contributed by atoms with E-state index < -0.39 is 34.7 Å². The normalized spacial score (nSPS) is 15.3. The number of anilines is 1. The zero-order valence-corrected chi connectivity index (χ0v) is 20.7. The highest BCUT2D eigenvalue weighted by Crippen LogP contribution is 2.45. The van der Waals surface area contributed by atoms with Crippen molar-refractivity contribution in [2.45, 2.75) is 44.9 Å². The molecule has 0 saturated heterocycles. The third kappa shape index (κ3) is 4.07. The quantitative estimate of drug-likeness (QED) is 0.339. The maximum Gasteiger partial charge on any atom is 0.332 e. The molecule has 1 atom stereocenters. The first-order valence-electron chi connectivity index (χ1n) is 11.5. The summed E-state index contributed by atoms with van der Waals surface area (Å²) in [7, 11) is 1.74. The topological polar surface area (TPSA) is 120 Å². The van der Waals surface area contributed by atoms with Crippen molar-refractivity contribution in [1.29, 1.82) is 0 Å². The molecule has 13 heteroatoms. The van der Waals surface area contributed by atoms with Crippen molar-refractivity contribution in [2.24, 2.45) is 7.05 Å². The fourth-order valence-electron chi connectivity index (χ4n) is 4.56. The zero-order valence-electron chi connectivity index (χ0n) is 19.9. The number of nitrogens with zero attached hydrogens (tertiary/aromatic N) is 7. The average molecular weight is 516 g/mol. The van der Waals surface area contributed by atoms with Gasteiger partial charge in [0, 0.05) is 31.5 Å². The van der Waals surface area contributed by atoms with Gasteiger partial charge in [-0.05, 0) is 38.0 Å². The third-order valence-corrected chi connectivity index (χ3v) is 7.57. The summed E-state index contributed by atoms with van der Waals surface area (Å²) < 4.78 is 43.2. The summed E-state index contributed by atoms with van der Waals surface area (Å²) >= 11 is -2.49. The second kappa shape index (κ2) is 9.13. The molecule has 5 rings (SSSR count). The number of hydrogen-bond donors (Lipinski definition) is 1. The second-order valence-corrected chi connectivity index (χ2v) is 9.86. The van der Waals surface area contributed by atoms with Gasteiger partial charge in [0.15, 0.2) is 0 Å². The Morgan fingerprint density at radius 1 is 1.19 bits per heavy atom. The van der Waals surface area contributed by atoms with Crippen LogP contribution >= 0.6 is 0 Å². The lowest BCUT2D eigenvalue weighted by molar-refractivity contribution is 0.413. The highest BCUT2D eigenvalue weighted by Gasteiger charge is 2.51. The van der Waals surface area contributed by atoms with E-state index in [0.29, 0.717) is 30.5 Å². The van der Waals surface area contributed by atoms with Crippen LogP contribution in [-0.4, -0.2) is 49.4 Å². The van der Waals surface area contributed by atoms with E-state index >= 15 is 0 Å². The predicted octanol–water partition coefficient (Wildman–Crippen LogP) is 1.65. The first-order chi connectivity index (χ1) is 17.3. The summed E-state index contributed by atoms with van der Waals surface area (Å²) in [6.07, 6.45) is 7.50. The molecule has 1 aliphatic rings. The maximum atomic E-state index is 13.8. The molecular weight excluding hydrogens is 489 g/mol. The van der Waals surface area contributed by atoms with Crippen molar-refractivity contribution in [3.05, 3.63) is 75.2 Å². The Hall–Kier alpha value is -3.58. The number of benzene rings is 1. The van der Waals surface area contributed by atoms with Crippen molar-refractivity contribution in [3.8, 4) is 0 Å². The first-order valence-corrected chi connectivity index (χ1v) is 12.6. The SMILES string of the molecule is CCn1cncc1Cn1c(=O)n(Cc2cnn(C)c2)c(=O)c2cc(N(S(=O)O)C3(CF)CC3)ccc21. The van der Waals surface area contributed by atoms with Crippen LogP contribution in [-0.2, 0) is 37.9 Å². The molecule has 0 spiro atoms. The molecule has 36 heavy (non-hydrogen) atoms. The molecule has 1 aliphatic carbocycles. The highest BCUT2D eigenvalue weighted by atomic mass is 32.2. The minimum absolute atomic E-state index is 0.00275. The number of rotatable bonds is 9. The molecule has 1 aromatic carbocycles. The molecule has 1 N–H and O–H groups in total. The number of alkyl halides is 1. The molecule has 0 radical (unpaired) electrons. The Labute approximate surface area is 207 Å². The lowest BCUT2D eigenvalue weighted by Crippen LogP contribution is -2.42. The van der Waals surface area contributed by atoms with Crippen molar-refractivity contribution in [3.63, 3.8) is 0 Å². The molecule has 3 heterocycles. The third-order valence-electron chi connectivity index (χ3n) is 6.66. The van der Waals surface area contributed by atoms with E-state index in [1.165, 1.54) is 10.6 Å². The van der Waals surface area contributed by atoms with Gasteiger partial charge < -0.3 is 4.57 Å². The summed E-state index contributed by atoms with van der Waals surface area (Å²) in [5.41, 5.74) is -0.0491. The van der Waals surface area contributed by atoms with E-state index in [4.69, 9.17) is 0 Å². The van der Waals surface area contributed by atoms with Crippen LogP contribution in [0.15, 0.2) is 52.7 Å². The van der Waals surface area contributed by atoms with Crippen LogP contribution < -0.4 is 15.6 Å². The number of halogens is 1. The standard InChI is InChI=1S/C23H26FN7O4S/c1-3-28-15-25-10-18(28)13-29-20-5-4-17(31(36(34)35)23(14-24)6-7-23)8-19(20)21(32)30(22(29)33)12-16-9-26-27(2)11-16/h4-5,8-11,15H,3,6-7,12-14H2,1-2H3,(H,34,35). The van der Waals surface area contributed by atoms with Crippen LogP contribution in [0.2, 0.25) is 0 Å². The smallest absolute Gasteiger partial charge is 0.332 e. The molecule has 3 aromatic heterocycles. The van der Waals surface area contributed by atoms with Crippen LogP contribution in [0.25, 0.3) is 10.9 Å². The Morgan fingerprint density at radius 2 is 1.97 bits per heavy atom. The van der Waals surface area contributed by atoms with Gasteiger partial charge in [0.25, 0.3) is 16.8 Å². The first kappa shape index (κ1) is 24.1. The van der Waals surface area contributed by atoms with Gasteiger partial charge >= 0.3 is 5.69 Å². The van der Waals surface area contributed by atoms with Gasteiger partial charge in [-0.15, -0.1) is 0 Å². The van der Waals surface area contributed by atoms with Gasteiger partial charge in [-0.2, -0.15) is 5.10 Å². The molecule has 190 valence electrons. The monoisotopic (exact) mass is 515 g/mol. The van der Waals surface area contributed by atoms with Gasteiger partial charge in [0.2, 0.25) is 0 Å². The number of imidazole rings is 1. The van der Waals surface area contributed by atoms with Crippen LogP contribution in [0.4, 0.5) is 10.1 Å². The Morgan fingerprint density at radius 3 is 2.58 bits per heavy atom. The number of aromatic nitrogens is 6. The van der Waals surface area contributed by atoms with Crippen LogP contribution in [0.1, 0.15) is 31.0 Å².